The Morgan fingerprint density at radius 3 is 2.44 bits per heavy atom. The van der Waals surface area contributed by atoms with Crippen LogP contribution in [0.1, 0.15) is 18.1 Å². The maximum absolute atomic E-state index is 13.5. The van der Waals surface area contributed by atoms with Crippen molar-refractivity contribution in [3.05, 3.63) is 46.5 Å². The molecule has 1 amide bonds. The number of benzene rings is 2. The van der Waals surface area contributed by atoms with Gasteiger partial charge in [-0.15, -0.1) is 0 Å². The highest BCUT2D eigenvalue weighted by Gasteiger charge is 2.38. The van der Waals surface area contributed by atoms with E-state index in [1.54, 1.807) is 6.92 Å². The molecule has 0 aliphatic rings. The van der Waals surface area contributed by atoms with Gasteiger partial charge in [-0.05, 0) is 36.2 Å². The third kappa shape index (κ3) is 3.58. The van der Waals surface area contributed by atoms with Gasteiger partial charge in [0.25, 0.3) is 0 Å². The second-order valence-electron chi connectivity index (χ2n) is 5.21. The van der Waals surface area contributed by atoms with Gasteiger partial charge < -0.3 is 16.6 Å². The van der Waals surface area contributed by atoms with Crippen LogP contribution < -0.4 is 16.4 Å². The van der Waals surface area contributed by atoms with Crippen molar-refractivity contribution in [2.75, 3.05) is 16.4 Å². The molecule has 0 unspecified atom stereocenters. The van der Waals surface area contributed by atoms with Crippen molar-refractivity contribution >= 4 is 40.4 Å². The van der Waals surface area contributed by atoms with Crippen molar-refractivity contribution in [3.63, 3.8) is 0 Å². The predicted molar refractivity (Wildman–Crippen MR) is 91.3 cm³/mol. The Hall–Kier alpha value is -2.61. The number of halogens is 4. The van der Waals surface area contributed by atoms with E-state index < -0.39 is 29.2 Å². The molecule has 9 heteroatoms. The van der Waals surface area contributed by atoms with Crippen LogP contribution in [-0.4, -0.2) is 11.2 Å². The smallest absolute Gasteiger partial charge is 0.418 e. The Balaban J connectivity index is 2.85. The highest BCUT2D eigenvalue weighted by atomic mass is 35.5. The van der Waals surface area contributed by atoms with Crippen molar-refractivity contribution in [2.24, 2.45) is 0 Å². The fourth-order valence-electron chi connectivity index (χ4n) is 2.57. The molecule has 5 nitrogen and oxygen atoms in total. The Kier molecular flexibility index (Phi) is 5.03. The summed E-state index contributed by atoms with van der Waals surface area (Å²) >= 11 is 6.07. The summed E-state index contributed by atoms with van der Waals surface area (Å²) in [5.74, 6) is 0. The minimum atomic E-state index is -4.85. The third-order valence-electron chi connectivity index (χ3n) is 3.57. The van der Waals surface area contributed by atoms with Gasteiger partial charge in [0.2, 0.25) is 0 Å². The molecule has 0 radical (unpaired) electrons. The van der Waals surface area contributed by atoms with Gasteiger partial charge in [0.05, 0.1) is 22.6 Å². The molecule has 2 rings (SSSR count). The highest BCUT2D eigenvalue weighted by molar-refractivity contribution is 6.32. The predicted octanol–water partition coefficient (Wildman–Crippen LogP) is 4.90. The van der Waals surface area contributed by atoms with Crippen LogP contribution in [0.4, 0.5) is 40.7 Å². The van der Waals surface area contributed by atoms with Crippen LogP contribution in [-0.2, 0) is 12.6 Å². The summed E-state index contributed by atoms with van der Waals surface area (Å²) in [5, 5.41) is 9.85. The quantitative estimate of drug-likeness (QED) is 0.667. The lowest BCUT2D eigenvalue weighted by Crippen LogP contribution is -2.28. The number of rotatable bonds is 3. The summed E-state index contributed by atoms with van der Waals surface area (Å²) in [6, 6.07) is 6.08. The second-order valence-corrected chi connectivity index (χ2v) is 5.62. The van der Waals surface area contributed by atoms with Crippen LogP contribution >= 0.6 is 11.6 Å². The molecule has 0 spiro atoms. The van der Waals surface area contributed by atoms with Crippen LogP contribution in [0, 0.1) is 0 Å². The molecule has 0 atom stereocenters. The molecule has 5 N–H and O–H groups in total. The summed E-state index contributed by atoms with van der Waals surface area (Å²) in [7, 11) is 0. The van der Waals surface area contributed by atoms with Gasteiger partial charge in [0, 0.05) is 10.7 Å². The van der Waals surface area contributed by atoms with Crippen LogP contribution in [0.5, 0.6) is 0 Å². The highest BCUT2D eigenvalue weighted by Crippen LogP contribution is 2.45. The Bertz CT molecular complexity index is 825. The van der Waals surface area contributed by atoms with Gasteiger partial charge in [0.15, 0.2) is 0 Å². The molecule has 0 fully saturated rings. The number of amides is 1. The molecule has 0 saturated carbocycles. The van der Waals surface area contributed by atoms with E-state index in [2.05, 4.69) is 0 Å². The maximum atomic E-state index is 13.5. The Morgan fingerprint density at radius 1 is 1.28 bits per heavy atom. The zero-order valence-corrected chi connectivity index (χ0v) is 13.8. The van der Waals surface area contributed by atoms with E-state index in [4.69, 9.17) is 23.1 Å². The number of hydrogen-bond acceptors (Lipinski definition) is 3. The lowest BCUT2D eigenvalue weighted by molar-refractivity contribution is -0.136. The minimum absolute atomic E-state index is 0.00414. The lowest BCUT2D eigenvalue weighted by Gasteiger charge is -2.27. The monoisotopic (exact) mass is 373 g/mol. The second kappa shape index (κ2) is 6.72. The molecule has 0 aromatic heterocycles. The summed E-state index contributed by atoms with van der Waals surface area (Å²) in [6.45, 7) is 1.71. The summed E-state index contributed by atoms with van der Waals surface area (Å²) in [6.07, 6.45) is -6.16. The first-order valence-corrected chi connectivity index (χ1v) is 7.52. The van der Waals surface area contributed by atoms with Gasteiger partial charge in [0.1, 0.15) is 0 Å². The molecule has 0 saturated heterocycles. The lowest BCUT2D eigenvalue weighted by atomic mass is 10.0. The normalized spacial score (nSPS) is 11.4. The standard InChI is InChI=1S/C16H15ClF3N3O2/c1-2-9-11(17)4-3-5-13(9)23(15(24)25)14-10(16(18,19)20)6-8(21)7-12(14)22/h3-7H,2,21-22H2,1H3,(H,24,25). The molecule has 0 heterocycles. The van der Waals surface area contributed by atoms with Crippen molar-refractivity contribution in [1.29, 1.82) is 0 Å². The van der Waals surface area contributed by atoms with E-state index in [1.807, 2.05) is 0 Å². The van der Waals surface area contributed by atoms with Crippen LogP contribution in [0.2, 0.25) is 5.02 Å². The SMILES string of the molecule is CCc1c(Cl)cccc1N(C(=O)O)c1c(N)cc(N)cc1C(F)(F)F. The number of hydrogen-bond donors (Lipinski definition) is 3. The summed E-state index contributed by atoms with van der Waals surface area (Å²) in [4.78, 5) is 12.3. The van der Waals surface area contributed by atoms with Gasteiger partial charge >= 0.3 is 12.3 Å². The molecular weight excluding hydrogens is 359 g/mol. The number of alkyl halides is 3. The molecule has 2 aromatic rings. The minimum Gasteiger partial charge on any atom is -0.464 e. The number of nitrogen functional groups attached to an aromatic ring is 2. The van der Waals surface area contributed by atoms with Gasteiger partial charge in [-0.3, -0.25) is 0 Å². The van der Waals surface area contributed by atoms with E-state index in [-0.39, 0.29) is 16.4 Å². The summed E-state index contributed by atoms with van der Waals surface area (Å²) in [5.41, 5.74) is 8.98. The van der Waals surface area contributed by atoms with Crippen molar-refractivity contribution in [2.45, 2.75) is 19.5 Å². The number of nitrogens with zero attached hydrogens (tertiary/aromatic N) is 1. The van der Waals surface area contributed by atoms with Gasteiger partial charge in [-0.25, -0.2) is 9.69 Å². The van der Waals surface area contributed by atoms with E-state index in [9.17, 15) is 23.1 Å². The van der Waals surface area contributed by atoms with Crippen molar-refractivity contribution < 1.29 is 23.1 Å². The molecule has 134 valence electrons. The third-order valence-corrected chi connectivity index (χ3v) is 3.92. The van der Waals surface area contributed by atoms with E-state index in [0.29, 0.717) is 23.0 Å². The molecule has 0 aliphatic heterocycles. The largest absolute Gasteiger partial charge is 0.464 e. The molecular formula is C16H15ClF3N3O2. The molecule has 25 heavy (non-hydrogen) atoms. The van der Waals surface area contributed by atoms with Gasteiger partial charge in [-0.1, -0.05) is 24.6 Å². The van der Waals surface area contributed by atoms with E-state index >= 15 is 0 Å². The average Bonchev–Trinajstić information content (AvgIpc) is 2.48. The average molecular weight is 374 g/mol. The fourth-order valence-corrected chi connectivity index (χ4v) is 2.87. The zero-order valence-electron chi connectivity index (χ0n) is 13.1. The molecule has 0 bridgehead atoms. The first kappa shape index (κ1) is 18.7. The Morgan fingerprint density at radius 2 is 1.92 bits per heavy atom. The number of carboxylic acid groups (broad SMARTS) is 1. The van der Waals surface area contributed by atoms with E-state index in [0.717, 1.165) is 6.07 Å². The fraction of sp³-hybridized carbons (Fsp3) is 0.188. The summed E-state index contributed by atoms with van der Waals surface area (Å²) < 4.78 is 40.4. The molecule has 0 aliphatic carbocycles. The van der Waals surface area contributed by atoms with E-state index in [1.165, 1.54) is 18.2 Å². The van der Waals surface area contributed by atoms with Crippen LogP contribution in [0.15, 0.2) is 30.3 Å². The first-order valence-electron chi connectivity index (χ1n) is 7.14. The zero-order chi connectivity index (χ0) is 18.9. The van der Waals surface area contributed by atoms with Crippen molar-refractivity contribution in [1.82, 2.24) is 0 Å². The molecule has 2 aromatic carbocycles. The van der Waals surface area contributed by atoms with Gasteiger partial charge in [-0.2, -0.15) is 13.2 Å². The number of carbonyl (C=O) groups is 1. The number of anilines is 4. The first-order chi connectivity index (χ1) is 11.6. The topological polar surface area (TPSA) is 92.6 Å². The Labute approximate surface area is 146 Å². The maximum Gasteiger partial charge on any atom is 0.418 e. The van der Waals surface area contributed by atoms with Crippen molar-refractivity contribution in [3.8, 4) is 0 Å². The van der Waals surface area contributed by atoms with Crippen LogP contribution in [0.25, 0.3) is 0 Å². The number of nitrogens with two attached hydrogens (primary N) is 2. The van der Waals surface area contributed by atoms with Crippen LogP contribution in [0.3, 0.4) is 0 Å².